The Hall–Kier alpha value is -2.82. The van der Waals surface area contributed by atoms with Crippen LogP contribution in [0.15, 0.2) is 47.6 Å². The number of benzene rings is 2. The van der Waals surface area contributed by atoms with Gasteiger partial charge in [0.2, 0.25) is 0 Å². The molecule has 5 heteroatoms. The summed E-state index contributed by atoms with van der Waals surface area (Å²) in [5.74, 6) is 1.49. The Morgan fingerprint density at radius 2 is 1.54 bits per heavy atom. The fourth-order valence-electron chi connectivity index (χ4n) is 3.63. The first kappa shape index (κ1) is 19.9. The minimum atomic E-state index is -0.310. The molecule has 1 aliphatic rings. The molecule has 1 amide bonds. The summed E-state index contributed by atoms with van der Waals surface area (Å²) in [5.41, 5.74) is 6.22. The van der Waals surface area contributed by atoms with E-state index in [1.54, 1.807) is 32.4 Å². The van der Waals surface area contributed by atoms with Gasteiger partial charge in [-0.15, -0.1) is 0 Å². The number of nitrogens with zero attached hydrogens (tertiary/aromatic N) is 1. The summed E-state index contributed by atoms with van der Waals surface area (Å²) in [6.07, 6.45) is 6.58. The molecule has 0 saturated heterocycles. The van der Waals surface area contributed by atoms with Crippen LogP contribution in [0, 0.1) is 0 Å². The molecule has 2 aromatic rings. The Kier molecular flexibility index (Phi) is 6.69. The number of nitrogens with one attached hydrogen (secondary N) is 1. The first-order valence-corrected chi connectivity index (χ1v) is 9.78. The molecule has 3 rings (SSSR count). The minimum absolute atomic E-state index is 0.310. The lowest BCUT2D eigenvalue weighted by atomic mass is 9.84. The zero-order chi connectivity index (χ0) is 19.9. The normalized spacial score (nSPS) is 15.2. The molecule has 0 spiro atoms. The van der Waals surface area contributed by atoms with Crippen LogP contribution >= 0.6 is 0 Å². The van der Waals surface area contributed by atoms with Crippen molar-refractivity contribution in [2.24, 2.45) is 5.10 Å². The zero-order valence-electron chi connectivity index (χ0n) is 16.8. The Bertz CT molecular complexity index is 815. The van der Waals surface area contributed by atoms with Crippen LogP contribution in [0.5, 0.6) is 11.5 Å². The number of hydrogen-bond acceptors (Lipinski definition) is 4. The average Bonchev–Trinajstić information content (AvgIpc) is 2.77. The van der Waals surface area contributed by atoms with Crippen molar-refractivity contribution in [3.05, 3.63) is 59.2 Å². The molecule has 2 aromatic carbocycles. The highest BCUT2D eigenvalue weighted by Crippen LogP contribution is 2.32. The summed E-state index contributed by atoms with van der Waals surface area (Å²) >= 11 is 0. The van der Waals surface area contributed by atoms with Gasteiger partial charge in [-0.25, -0.2) is 5.43 Å². The van der Waals surface area contributed by atoms with Crippen molar-refractivity contribution in [3.8, 4) is 11.5 Å². The molecule has 0 aliphatic heterocycles. The smallest absolute Gasteiger partial charge is 0.271 e. The summed E-state index contributed by atoms with van der Waals surface area (Å²) in [6, 6.07) is 13.6. The van der Waals surface area contributed by atoms with Crippen molar-refractivity contribution >= 4 is 11.6 Å². The molecule has 0 aromatic heterocycles. The van der Waals surface area contributed by atoms with Gasteiger partial charge in [-0.05, 0) is 48.9 Å². The van der Waals surface area contributed by atoms with Gasteiger partial charge in [-0.2, -0.15) is 5.10 Å². The molecular formula is C23H28N2O3. The summed E-state index contributed by atoms with van der Waals surface area (Å²) in [6.45, 7) is 1.89. The number of carbonyl (C=O) groups excluding carboxylic acids is 1. The standard InChI is InChI=1S/C23H28N2O3/c1-16(17-9-11-19(12-10-17)18-7-5-4-6-8-18)24-25-23(26)20-13-21(27-2)15-22(14-20)28-3/h9-15,18H,4-8H2,1-3H3,(H,25,26)/b24-16-. The predicted molar refractivity (Wildman–Crippen MR) is 111 cm³/mol. The second-order valence-corrected chi connectivity index (χ2v) is 7.20. The lowest BCUT2D eigenvalue weighted by Crippen LogP contribution is -2.19. The van der Waals surface area contributed by atoms with Gasteiger partial charge < -0.3 is 9.47 Å². The van der Waals surface area contributed by atoms with Crippen molar-refractivity contribution in [3.63, 3.8) is 0 Å². The number of hydrazone groups is 1. The van der Waals surface area contributed by atoms with E-state index in [0.717, 1.165) is 11.3 Å². The quantitative estimate of drug-likeness (QED) is 0.572. The first-order valence-electron chi connectivity index (χ1n) is 9.78. The summed E-state index contributed by atoms with van der Waals surface area (Å²) in [7, 11) is 3.10. The number of rotatable bonds is 6. The van der Waals surface area contributed by atoms with Crippen LogP contribution in [-0.4, -0.2) is 25.8 Å². The van der Waals surface area contributed by atoms with E-state index in [1.807, 2.05) is 6.92 Å². The molecule has 1 saturated carbocycles. The highest BCUT2D eigenvalue weighted by atomic mass is 16.5. The fraction of sp³-hybridized carbons (Fsp3) is 0.391. The number of ether oxygens (including phenoxy) is 2. The second kappa shape index (κ2) is 9.40. The van der Waals surface area contributed by atoms with Crippen LogP contribution in [-0.2, 0) is 0 Å². The highest BCUT2D eigenvalue weighted by Gasteiger charge is 2.15. The van der Waals surface area contributed by atoms with E-state index >= 15 is 0 Å². The van der Waals surface area contributed by atoms with Crippen LogP contribution in [0.4, 0.5) is 0 Å². The molecule has 0 bridgehead atoms. The maximum atomic E-state index is 12.4. The van der Waals surface area contributed by atoms with Gasteiger partial charge in [0.05, 0.1) is 19.9 Å². The van der Waals surface area contributed by atoms with Crippen molar-refractivity contribution in [1.82, 2.24) is 5.43 Å². The molecule has 1 aliphatic carbocycles. The average molecular weight is 380 g/mol. The van der Waals surface area contributed by atoms with Gasteiger partial charge in [0, 0.05) is 11.6 Å². The number of hydrogen-bond donors (Lipinski definition) is 1. The Morgan fingerprint density at radius 3 is 2.11 bits per heavy atom. The van der Waals surface area contributed by atoms with Gasteiger partial charge in [-0.3, -0.25) is 4.79 Å². The number of carbonyl (C=O) groups is 1. The lowest BCUT2D eigenvalue weighted by Gasteiger charge is -2.22. The van der Waals surface area contributed by atoms with Crippen LogP contribution in [0.3, 0.4) is 0 Å². The van der Waals surface area contributed by atoms with Gasteiger partial charge in [0.15, 0.2) is 0 Å². The molecule has 148 valence electrons. The predicted octanol–water partition coefficient (Wildman–Crippen LogP) is 4.91. The Labute approximate surface area is 166 Å². The summed E-state index contributed by atoms with van der Waals surface area (Å²) in [5, 5.41) is 4.26. The lowest BCUT2D eigenvalue weighted by molar-refractivity contribution is 0.0954. The maximum Gasteiger partial charge on any atom is 0.271 e. The molecule has 0 radical (unpaired) electrons. The molecule has 1 fully saturated rings. The second-order valence-electron chi connectivity index (χ2n) is 7.20. The molecular weight excluding hydrogens is 352 g/mol. The van der Waals surface area contributed by atoms with Crippen LogP contribution in [0.25, 0.3) is 0 Å². The number of amides is 1. The Balaban J connectivity index is 1.67. The van der Waals surface area contributed by atoms with Gasteiger partial charge in [0.25, 0.3) is 5.91 Å². The first-order chi connectivity index (χ1) is 13.6. The molecule has 0 heterocycles. The largest absolute Gasteiger partial charge is 0.497 e. The number of methoxy groups -OCH3 is 2. The van der Waals surface area contributed by atoms with Crippen molar-refractivity contribution < 1.29 is 14.3 Å². The van der Waals surface area contributed by atoms with E-state index in [0.29, 0.717) is 23.0 Å². The van der Waals surface area contributed by atoms with E-state index in [4.69, 9.17) is 9.47 Å². The van der Waals surface area contributed by atoms with Gasteiger partial charge in [-0.1, -0.05) is 43.5 Å². The fourth-order valence-corrected chi connectivity index (χ4v) is 3.63. The maximum absolute atomic E-state index is 12.4. The van der Waals surface area contributed by atoms with E-state index in [9.17, 15) is 4.79 Å². The molecule has 28 heavy (non-hydrogen) atoms. The van der Waals surface area contributed by atoms with E-state index < -0.39 is 0 Å². The van der Waals surface area contributed by atoms with Crippen molar-refractivity contribution in [2.45, 2.75) is 44.9 Å². The van der Waals surface area contributed by atoms with Crippen LogP contribution in [0.2, 0.25) is 0 Å². The SMILES string of the molecule is COc1cc(OC)cc(C(=O)N/N=C(/C)c2ccc(C3CCCCC3)cc2)c1. The summed E-state index contributed by atoms with van der Waals surface area (Å²) in [4.78, 5) is 12.4. The van der Waals surface area contributed by atoms with E-state index in [-0.39, 0.29) is 5.91 Å². The third-order valence-electron chi connectivity index (χ3n) is 5.34. The van der Waals surface area contributed by atoms with Crippen molar-refractivity contribution in [2.75, 3.05) is 14.2 Å². The van der Waals surface area contributed by atoms with Crippen LogP contribution in [0.1, 0.15) is 66.4 Å². The monoisotopic (exact) mass is 380 g/mol. The van der Waals surface area contributed by atoms with E-state index in [2.05, 4.69) is 34.8 Å². The molecule has 0 unspecified atom stereocenters. The topological polar surface area (TPSA) is 59.9 Å². The minimum Gasteiger partial charge on any atom is -0.497 e. The summed E-state index contributed by atoms with van der Waals surface area (Å²) < 4.78 is 10.4. The van der Waals surface area contributed by atoms with Gasteiger partial charge >= 0.3 is 0 Å². The van der Waals surface area contributed by atoms with Crippen molar-refractivity contribution in [1.29, 1.82) is 0 Å². The zero-order valence-corrected chi connectivity index (χ0v) is 16.8. The third-order valence-corrected chi connectivity index (χ3v) is 5.34. The molecule has 0 atom stereocenters. The van der Waals surface area contributed by atoms with E-state index in [1.165, 1.54) is 37.7 Å². The third kappa shape index (κ3) is 4.91. The highest BCUT2D eigenvalue weighted by molar-refractivity contribution is 6.01. The van der Waals surface area contributed by atoms with Crippen LogP contribution < -0.4 is 14.9 Å². The Morgan fingerprint density at radius 1 is 0.929 bits per heavy atom. The molecule has 1 N–H and O–H groups in total. The van der Waals surface area contributed by atoms with Gasteiger partial charge in [0.1, 0.15) is 11.5 Å². The molecule has 5 nitrogen and oxygen atoms in total.